The summed E-state index contributed by atoms with van der Waals surface area (Å²) in [5.74, 6) is 0. The summed E-state index contributed by atoms with van der Waals surface area (Å²) in [6.07, 6.45) is 6.84. The van der Waals surface area contributed by atoms with E-state index in [1.54, 1.807) is 0 Å². The van der Waals surface area contributed by atoms with Crippen molar-refractivity contribution in [1.82, 2.24) is 4.98 Å². The van der Waals surface area contributed by atoms with Gasteiger partial charge in [-0.2, -0.15) is 0 Å². The molecular formula is C26H29N2O+. The summed E-state index contributed by atoms with van der Waals surface area (Å²) in [6, 6.07) is 21.1. The second kappa shape index (κ2) is 7.08. The first-order valence-electron chi connectivity index (χ1n) is 10.7. The predicted octanol–water partition coefficient (Wildman–Crippen LogP) is 5.02. The molecule has 0 spiro atoms. The number of fused-ring (bicyclic) bond motifs is 4. The van der Waals surface area contributed by atoms with Gasteiger partial charge in [0.15, 0.2) is 0 Å². The van der Waals surface area contributed by atoms with Crippen LogP contribution >= 0.6 is 0 Å². The Labute approximate surface area is 172 Å². The highest BCUT2D eigenvalue weighted by Crippen LogP contribution is 2.52. The number of allylic oxidation sites excluding steroid dienone is 1. The fourth-order valence-electron chi connectivity index (χ4n) is 5.78. The molecular weight excluding hydrogens is 356 g/mol. The smallest absolute Gasteiger partial charge is 0.131 e. The van der Waals surface area contributed by atoms with Gasteiger partial charge in [-0.1, -0.05) is 54.6 Å². The maximum Gasteiger partial charge on any atom is 0.131 e. The lowest BCUT2D eigenvalue weighted by molar-refractivity contribution is -0.983. The lowest BCUT2D eigenvalue weighted by Crippen LogP contribution is -2.67. The fourth-order valence-corrected chi connectivity index (χ4v) is 5.78. The predicted molar refractivity (Wildman–Crippen MR) is 117 cm³/mol. The molecule has 4 heterocycles. The van der Waals surface area contributed by atoms with E-state index in [0.717, 1.165) is 47.0 Å². The van der Waals surface area contributed by atoms with Crippen LogP contribution in [0, 0.1) is 5.41 Å². The second-order valence-electron chi connectivity index (χ2n) is 9.01. The van der Waals surface area contributed by atoms with Gasteiger partial charge in [0.25, 0.3) is 0 Å². The number of piperidine rings is 3. The van der Waals surface area contributed by atoms with Crippen LogP contribution in [0.25, 0.3) is 10.9 Å². The SMILES string of the molecule is C=CC12CC[N+](Cc3ccccc3)(CC1)C([C@@H](O)c1ccnc3ccccc13)C2. The van der Waals surface area contributed by atoms with Crippen molar-refractivity contribution in [2.45, 2.75) is 38.0 Å². The monoisotopic (exact) mass is 385 g/mol. The number of aliphatic hydroxyl groups excluding tert-OH is 1. The average molecular weight is 386 g/mol. The van der Waals surface area contributed by atoms with Crippen LogP contribution in [-0.2, 0) is 6.54 Å². The van der Waals surface area contributed by atoms with E-state index in [2.05, 4.69) is 54.0 Å². The molecule has 1 aromatic heterocycles. The van der Waals surface area contributed by atoms with E-state index in [0.29, 0.717) is 0 Å². The van der Waals surface area contributed by atoms with Crippen LogP contribution in [0.3, 0.4) is 0 Å². The molecule has 2 bridgehead atoms. The third kappa shape index (κ3) is 3.09. The molecule has 3 aromatic rings. The van der Waals surface area contributed by atoms with Crippen LogP contribution in [0.4, 0.5) is 0 Å². The van der Waals surface area contributed by atoms with Crippen LogP contribution in [-0.4, -0.2) is 33.7 Å². The van der Waals surface area contributed by atoms with Crippen molar-refractivity contribution in [1.29, 1.82) is 0 Å². The number of pyridine rings is 1. The van der Waals surface area contributed by atoms with Gasteiger partial charge in [0.2, 0.25) is 0 Å². The van der Waals surface area contributed by atoms with Crippen LogP contribution in [0.15, 0.2) is 79.5 Å². The van der Waals surface area contributed by atoms with Gasteiger partial charge in [0, 0.05) is 41.8 Å². The molecule has 2 atom stereocenters. The maximum atomic E-state index is 11.7. The molecule has 1 unspecified atom stereocenters. The molecule has 3 heteroatoms. The highest BCUT2D eigenvalue weighted by molar-refractivity contribution is 5.82. The molecule has 1 N–H and O–H groups in total. The van der Waals surface area contributed by atoms with Gasteiger partial charge in [-0.25, -0.2) is 0 Å². The zero-order valence-electron chi connectivity index (χ0n) is 16.9. The number of aromatic nitrogens is 1. The third-order valence-corrected chi connectivity index (χ3v) is 7.57. The molecule has 0 amide bonds. The molecule has 0 radical (unpaired) electrons. The number of nitrogens with zero attached hydrogens (tertiary/aromatic N) is 2. The molecule has 0 aliphatic carbocycles. The molecule has 3 aliphatic heterocycles. The van der Waals surface area contributed by atoms with E-state index in [-0.39, 0.29) is 11.5 Å². The number of benzene rings is 2. The molecule has 29 heavy (non-hydrogen) atoms. The van der Waals surface area contributed by atoms with Crippen molar-refractivity contribution < 1.29 is 9.59 Å². The number of hydrogen-bond acceptors (Lipinski definition) is 2. The maximum absolute atomic E-state index is 11.7. The zero-order valence-corrected chi connectivity index (χ0v) is 16.9. The largest absolute Gasteiger partial charge is 0.382 e. The fraction of sp³-hybridized carbons (Fsp3) is 0.346. The first-order valence-corrected chi connectivity index (χ1v) is 10.7. The van der Waals surface area contributed by atoms with E-state index < -0.39 is 6.10 Å². The van der Waals surface area contributed by atoms with Crippen LogP contribution in [0.1, 0.15) is 36.5 Å². The van der Waals surface area contributed by atoms with Gasteiger partial charge in [0.05, 0.1) is 18.6 Å². The Morgan fingerprint density at radius 1 is 1.07 bits per heavy atom. The number of rotatable bonds is 5. The van der Waals surface area contributed by atoms with Crippen molar-refractivity contribution in [3.8, 4) is 0 Å². The number of para-hydroxylation sites is 1. The quantitative estimate of drug-likeness (QED) is 0.494. The summed E-state index contributed by atoms with van der Waals surface area (Å²) < 4.78 is 0.970. The first kappa shape index (κ1) is 18.5. The summed E-state index contributed by atoms with van der Waals surface area (Å²) in [4.78, 5) is 4.50. The van der Waals surface area contributed by atoms with Crippen molar-refractivity contribution in [3.63, 3.8) is 0 Å². The van der Waals surface area contributed by atoms with Gasteiger partial charge in [-0.05, 0) is 17.7 Å². The molecule has 3 aliphatic rings. The topological polar surface area (TPSA) is 33.1 Å². The van der Waals surface area contributed by atoms with Gasteiger partial charge < -0.3 is 9.59 Å². The molecule has 6 rings (SSSR count). The first-order chi connectivity index (χ1) is 14.1. The molecule has 3 nitrogen and oxygen atoms in total. The summed E-state index contributed by atoms with van der Waals surface area (Å²) >= 11 is 0. The van der Waals surface area contributed by atoms with E-state index in [9.17, 15) is 5.11 Å². The van der Waals surface area contributed by atoms with E-state index in [1.807, 2.05) is 30.5 Å². The summed E-state index contributed by atoms with van der Waals surface area (Å²) in [5, 5.41) is 12.8. The van der Waals surface area contributed by atoms with Gasteiger partial charge in [-0.3, -0.25) is 4.98 Å². The van der Waals surface area contributed by atoms with Crippen LogP contribution < -0.4 is 0 Å². The van der Waals surface area contributed by atoms with Crippen LogP contribution in [0.2, 0.25) is 0 Å². The van der Waals surface area contributed by atoms with E-state index >= 15 is 0 Å². The summed E-state index contributed by atoms with van der Waals surface area (Å²) in [6.45, 7) is 7.37. The number of aliphatic hydroxyl groups is 1. The summed E-state index contributed by atoms with van der Waals surface area (Å²) in [5.41, 5.74) is 3.49. The Morgan fingerprint density at radius 2 is 1.79 bits per heavy atom. The normalized spacial score (nSPS) is 29.6. The molecule has 148 valence electrons. The van der Waals surface area contributed by atoms with Gasteiger partial charge >= 0.3 is 0 Å². The van der Waals surface area contributed by atoms with E-state index in [4.69, 9.17) is 0 Å². The van der Waals surface area contributed by atoms with Crippen molar-refractivity contribution in [2.24, 2.45) is 5.41 Å². The second-order valence-corrected chi connectivity index (χ2v) is 9.01. The van der Waals surface area contributed by atoms with Crippen molar-refractivity contribution in [2.75, 3.05) is 13.1 Å². The Bertz CT molecular complexity index is 1020. The lowest BCUT2D eigenvalue weighted by Gasteiger charge is -2.59. The zero-order chi connectivity index (χ0) is 19.9. The molecule has 3 fully saturated rings. The van der Waals surface area contributed by atoms with Crippen molar-refractivity contribution >= 4 is 10.9 Å². The Morgan fingerprint density at radius 3 is 2.55 bits per heavy atom. The summed E-state index contributed by atoms with van der Waals surface area (Å²) in [7, 11) is 0. The van der Waals surface area contributed by atoms with Crippen molar-refractivity contribution in [3.05, 3.63) is 90.6 Å². The average Bonchev–Trinajstić information content (AvgIpc) is 2.79. The van der Waals surface area contributed by atoms with Crippen LogP contribution in [0.5, 0.6) is 0 Å². The Kier molecular flexibility index (Phi) is 4.53. The molecule has 2 aromatic carbocycles. The highest BCUT2D eigenvalue weighted by Gasteiger charge is 2.56. The standard InChI is InChI=1S/C26H29N2O/c1-2-26-13-16-28(17-14-26,19-20-8-4-3-5-9-20)24(18-26)25(29)22-12-15-27-23-11-7-6-10-21(22)23/h2-12,15,24-25,29H,1,13-14,16-19H2/q+1/t24?,25-,26?,28?/m0/s1. The van der Waals surface area contributed by atoms with E-state index in [1.165, 1.54) is 18.4 Å². The number of quaternary nitrogens is 1. The highest BCUT2D eigenvalue weighted by atomic mass is 16.3. The van der Waals surface area contributed by atoms with Gasteiger partial charge in [0.1, 0.15) is 18.7 Å². The molecule has 0 saturated carbocycles. The number of hydrogen-bond donors (Lipinski definition) is 1. The minimum absolute atomic E-state index is 0.168. The Hall–Kier alpha value is -2.49. The third-order valence-electron chi connectivity index (χ3n) is 7.57. The lowest BCUT2D eigenvalue weighted by atomic mass is 9.65. The van der Waals surface area contributed by atoms with Gasteiger partial charge in [-0.15, -0.1) is 6.58 Å². The minimum Gasteiger partial charge on any atom is -0.382 e. The molecule has 3 saturated heterocycles. The Balaban J connectivity index is 1.57. The minimum atomic E-state index is -0.508.